The molecule has 36 heavy (non-hydrogen) atoms. The molecule has 0 atom stereocenters. The van der Waals surface area contributed by atoms with Crippen molar-refractivity contribution in [3.05, 3.63) is 77.4 Å². The number of furan rings is 1. The minimum Gasteiger partial charge on any atom is -0.455 e. The van der Waals surface area contributed by atoms with Crippen LogP contribution in [0.15, 0.2) is 65.1 Å². The number of nitrogens with one attached hydrogen (secondary N) is 2. The van der Waals surface area contributed by atoms with E-state index in [4.69, 9.17) is 4.42 Å². The van der Waals surface area contributed by atoms with E-state index in [1.165, 1.54) is 14.1 Å². The van der Waals surface area contributed by atoms with Gasteiger partial charge in [-0.25, -0.2) is 8.42 Å². The molecule has 3 aromatic carbocycles. The fourth-order valence-electron chi connectivity index (χ4n) is 4.03. The van der Waals surface area contributed by atoms with Crippen LogP contribution in [0.2, 0.25) is 0 Å². The van der Waals surface area contributed by atoms with Gasteiger partial charge in [-0.3, -0.25) is 13.9 Å². The summed E-state index contributed by atoms with van der Waals surface area (Å²) < 4.78 is 32.4. The monoisotopic (exact) mass is 505 g/mol. The van der Waals surface area contributed by atoms with Gasteiger partial charge in [0.1, 0.15) is 11.3 Å². The van der Waals surface area contributed by atoms with E-state index in [-0.39, 0.29) is 11.8 Å². The lowest BCUT2D eigenvalue weighted by Gasteiger charge is -2.21. The van der Waals surface area contributed by atoms with E-state index in [9.17, 15) is 18.0 Å². The molecule has 0 spiro atoms. The van der Waals surface area contributed by atoms with Crippen LogP contribution in [0.1, 0.15) is 26.3 Å². The predicted octanol–water partition coefficient (Wildman–Crippen LogP) is 4.19. The third-order valence-electron chi connectivity index (χ3n) is 6.07. The number of amides is 2. The quantitative estimate of drug-likeness (QED) is 0.408. The number of hydrogen-bond donors (Lipinski definition) is 2. The largest absolute Gasteiger partial charge is 0.455 e. The Morgan fingerprint density at radius 2 is 1.56 bits per heavy atom. The highest BCUT2D eigenvalue weighted by Crippen LogP contribution is 2.41. The number of benzene rings is 3. The van der Waals surface area contributed by atoms with Crippen LogP contribution in [0.4, 0.5) is 5.69 Å². The Bertz CT molecular complexity index is 1590. The fraction of sp³-hybridized carbons (Fsp3) is 0.185. The molecule has 2 N–H and O–H groups in total. The van der Waals surface area contributed by atoms with Crippen LogP contribution in [-0.4, -0.2) is 47.6 Å². The molecule has 0 aliphatic heterocycles. The molecular formula is C27H27N3O5S. The van der Waals surface area contributed by atoms with Crippen molar-refractivity contribution in [1.29, 1.82) is 0 Å². The second-order valence-electron chi connectivity index (χ2n) is 8.51. The van der Waals surface area contributed by atoms with Crippen molar-refractivity contribution in [1.82, 2.24) is 10.6 Å². The van der Waals surface area contributed by atoms with Crippen LogP contribution in [0.3, 0.4) is 0 Å². The Balaban J connectivity index is 2.07. The smallest absolute Gasteiger partial charge is 0.255 e. The highest BCUT2D eigenvalue weighted by Gasteiger charge is 2.26. The third kappa shape index (κ3) is 4.57. The first-order valence-corrected chi connectivity index (χ1v) is 13.1. The minimum absolute atomic E-state index is 0.271. The summed E-state index contributed by atoms with van der Waals surface area (Å²) in [6.07, 6.45) is 1.11. The molecule has 0 saturated heterocycles. The molecule has 0 bridgehead atoms. The van der Waals surface area contributed by atoms with Crippen LogP contribution in [0, 0.1) is 6.92 Å². The average Bonchev–Trinajstić information content (AvgIpc) is 3.24. The molecule has 8 nitrogen and oxygen atoms in total. The molecule has 0 fully saturated rings. The molecule has 0 saturated carbocycles. The van der Waals surface area contributed by atoms with E-state index in [0.29, 0.717) is 44.7 Å². The third-order valence-corrected chi connectivity index (χ3v) is 7.27. The number of hydrogen-bond acceptors (Lipinski definition) is 5. The van der Waals surface area contributed by atoms with Crippen LogP contribution in [-0.2, 0) is 10.0 Å². The van der Waals surface area contributed by atoms with Gasteiger partial charge < -0.3 is 15.1 Å². The Morgan fingerprint density at radius 3 is 2.17 bits per heavy atom. The second kappa shape index (κ2) is 9.50. The first kappa shape index (κ1) is 25.0. The van der Waals surface area contributed by atoms with Crippen LogP contribution in [0.5, 0.6) is 0 Å². The number of sulfonamides is 1. The summed E-state index contributed by atoms with van der Waals surface area (Å²) >= 11 is 0. The molecule has 186 valence electrons. The topological polar surface area (TPSA) is 109 Å². The summed E-state index contributed by atoms with van der Waals surface area (Å²) in [4.78, 5) is 25.3. The van der Waals surface area contributed by atoms with Crippen molar-refractivity contribution in [2.24, 2.45) is 0 Å². The molecule has 0 radical (unpaired) electrons. The van der Waals surface area contributed by atoms with Gasteiger partial charge >= 0.3 is 0 Å². The molecule has 0 unspecified atom stereocenters. The molecule has 4 aromatic rings. The van der Waals surface area contributed by atoms with Crippen molar-refractivity contribution in [2.45, 2.75) is 6.92 Å². The van der Waals surface area contributed by atoms with E-state index in [1.807, 2.05) is 31.2 Å². The Hall–Kier alpha value is -4.11. The lowest BCUT2D eigenvalue weighted by atomic mass is 9.97. The first-order valence-electron chi connectivity index (χ1n) is 11.2. The van der Waals surface area contributed by atoms with E-state index < -0.39 is 10.0 Å². The summed E-state index contributed by atoms with van der Waals surface area (Å²) in [5, 5.41) is 5.79. The maximum atomic E-state index is 13.0. The zero-order valence-electron chi connectivity index (χ0n) is 20.7. The maximum Gasteiger partial charge on any atom is 0.255 e. The summed E-state index contributed by atoms with van der Waals surface area (Å²) in [6.45, 7) is 1.97. The Morgan fingerprint density at radius 1 is 0.889 bits per heavy atom. The van der Waals surface area contributed by atoms with E-state index in [2.05, 4.69) is 10.6 Å². The Kier molecular flexibility index (Phi) is 6.60. The lowest BCUT2D eigenvalue weighted by molar-refractivity contribution is 0.0955. The number of carbonyl (C=O) groups is 2. The van der Waals surface area contributed by atoms with Gasteiger partial charge in [-0.2, -0.15) is 0 Å². The molecule has 1 aromatic heterocycles. The molecule has 0 aliphatic rings. The molecular weight excluding hydrogens is 478 g/mol. The van der Waals surface area contributed by atoms with Crippen molar-refractivity contribution in [3.8, 4) is 22.5 Å². The Labute approximate surface area is 210 Å². The van der Waals surface area contributed by atoms with Crippen LogP contribution in [0.25, 0.3) is 33.4 Å². The summed E-state index contributed by atoms with van der Waals surface area (Å²) in [7, 11) is 0.897. The number of rotatable bonds is 6. The minimum atomic E-state index is -3.63. The lowest BCUT2D eigenvalue weighted by Crippen LogP contribution is -2.25. The van der Waals surface area contributed by atoms with Gasteiger partial charge in [0, 0.05) is 49.3 Å². The highest BCUT2D eigenvalue weighted by atomic mass is 32.2. The van der Waals surface area contributed by atoms with E-state index >= 15 is 0 Å². The van der Waals surface area contributed by atoms with Gasteiger partial charge in [0.05, 0.1) is 17.5 Å². The highest BCUT2D eigenvalue weighted by molar-refractivity contribution is 7.92. The number of nitrogens with zero attached hydrogens (tertiary/aromatic N) is 1. The molecule has 1 heterocycles. The summed E-state index contributed by atoms with van der Waals surface area (Å²) in [6, 6.07) is 17.8. The number of carbonyl (C=O) groups excluding carboxylic acids is 2. The van der Waals surface area contributed by atoms with Crippen molar-refractivity contribution in [2.75, 3.05) is 31.7 Å². The van der Waals surface area contributed by atoms with Crippen LogP contribution >= 0.6 is 0 Å². The van der Waals surface area contributed by atoms with Gasteiger partial charge in [-0.15, -0.1) is 0 Å². The van der Waals surface area contributed by atoms with Gasteiger partial charge in [0.15, 0.2) is 0 Å². The molecule has 4 rings (SSSR count). The van der Waals surface area contributed by atoms with Crippen molar-refractivity contribution in [3.63, 3.8) is 0 Å². The standard InChI is InChI=1S/C27H27N3O5S/c1-16-9-11-17(12-10-16)25-24(27(32)29-3)21-14-20(18-7-6-8-19(13-18)26(31)28-2)22(15-23(21)35-25)30(4)36(5,33)34/h6-15H,1-5H3,(H,28,31)(H,29,32). The van der Waals surface area contributed by atoms with Gasteiger partial charge in [0.2, 0.25) is 10.0 Å². The zero-order chi connectivity index (χ0) is 26.2. The zero-order valence-corrected chi connectivity index (χ0v) is 21.5. The van der Waals surface area contributed by atoms with Crippen molar-refractivity contribution >= 4 is 38.5 Å². The predicted molar refractivity (Wildman–Crippen MR) is 142 cm³/mol. The number of aryl methyl sites for hydroxylation is 1. The SMILES string of the molecule is CNC(=O)c1cccc(-c2cc3c(C(=O)NC)c(-c4ccc(C)cc4)oc3cc2N(C)S(C)(=O)=O)c1. The van der Waals surface area contributed by atoms with E-state index in [0.717, 1.165) is 21.7 Å². The van der Waals surface area contributed by atoms with Gasteiger partial charge in [-0.1, -0.05) is 42.0 Å². The first-order chi connectivity index (χ1) is 17.0. The molecule has 0 aliphatic carbocycles. The summed E-state index contributed by atoms with van der Waals surface area (Å²) in [5.74, 6) is -0.223. The van der Waals surface area contributed by atoms with Crippen molar-refractivity contribution < 1.29 is 22.4 Å². The van der Waals surface area contributed by atoms with Crippen LogP contribution < -0.4 is 14.9 Å². The second-order valence-corrected chi connectivity index (χ2v) is 10.5. The average molecular weight is 506 g/mol. The number of fused-ring (bicyclic) bond motifs is 1. The summed E-state index contributed by atoms with van der Waals surface area (Å²) in [5.41, 5.74) is 4.40. The molecule has 2 amide bonds. The van der Waals surface area contributed by atoms with Gasteiger partial charge in [-0.05, 0) is 30.7 Å². The fourth-order valence-corrected chi connectivity index (χ4v) is 4.54. The maximum absolute atomic E-state index is 13.0. The normalized spacial score (nSPS) is 11.4. The number of anilines is 1. The van der Waals surface area contributed by atoms with Gasteiger partial charge in [0.25, 0.3) is 11.8 Å². The molecule has 9 heteroatoms. The van der Waals surface area contributed by atoms with E-state index in [1.54, 1.807) is 43.4 Å².